The molecule has 1 aliphatic heterocycles. The summed E-state index contributed by atoms with van der Waals surface area (Å²) in [5.41, 5.74) is -2.38. The Bertz CT molecular complexity index is 1440. The number of fused-ring (bicyclic) bond motifs is 1. The van der Waals surface area contributed by atoms with Crippen LogP contribution in [0.5, 0.6) is 0 Å². The summed E-state index contributed by atoms with van der Waals surface area (Å²) in [7, 11) is -5.13. The van der Waals surface area contributed by atoms with Crippen LogP contribution in [0.25, 0.3) is 11.0 Å². The molecule has 0 unspecified atom stereocenters. The highest BCUT2D eigenvalue weighted by atomic mass is 32.2. The minimum atomic E-state index is -5.13. The lowest BCUT2D eigenvalue weighted by Crippen LogP contribution is -2.42. The van der Waals surface area contributed by atoms with Crippen LogP contribution in [0.15, 0.2) is 17.1 Å². The molecule has 2 aromatic heterocycles. The van der Waals surface area contributed by atoms with Crippen molar-refractivity contribution in [3.8, 4) is 0 Å². The molecule has 0 spiro atoms. The zero-order valence-electron chi connectivity index (χ0n) is 24.7. The summed E-state index contributed by atoms with van der Waals surface area (Å²) >= 11 is 0. The van der Waals surface area contributed by atoms with Gasteiger partial charge in [0.05, 0.1) is 13.1 Å². The van der Waals surface area contributed by atoms with Crippen molar-refractivity contribution in [1.29, 1.82) is 0 Å². The van der Waals surface area contributed by atoms with E-state index in [4.69, 9.17) is 12.3 Å². The molecule has 164 valence electrons. The van der Waals surface area contributed by atoms with Gasteiger partial charge in [0, 0.05) is 46.3 Å². The number of aromatic nitrogens is 3. The highest BCUT2D eigenvalue weighted by Gasteiger charge is 2.27. The maximum absolute atomic E-state index is 13.9. The lowest BCUT2D eigenvalue weighted by molar-refractivity contribution is 0.149. The number of hydrogen-bond donors (Lipinski definition) is 1. The van der Waals surface area contributed by atoms with Crippen LogP contribution in [0, 0.1) is 0 Å². The summed E-state index contributed by atoms with van der Waals surface area (Å²) < 4.78 is 125. The summed E-state index contributed by atoms with van der Waals surface area (Å²) in [6.07, 6.45) is -10.5. The van der Waals surface area contributed by atoms with Gasteiger partial charge in [-0.15, -0.1) is 0 Å². The van der Waals surface area contributed by atoms with Crippen molar-refractivity contribution in [2.24, 2.45) is 0 Å². The third-order valence-electron chi connectivity index (χ3n) is 5.11. The Morgan fingerprint density at radius 3 is 2.70 bits per heavy atom. The Hall–Kier alpha value is -2.14. The van der Waals surface area contributed by atoms with Crippen molar-refractivity contribution >= 4 is 27.0 Å². The minimum absolute atomic E-state index is 0.0439. The maximum atomic E-state index is 13.9. The van der Waals surface area contributed by atoms with Crippen LogP contribution in [0.1, 0.15) is 68.8 Å². The van der Waals surface area contributed by atoms with Gasteiger partial charge in [-0.2, -0.15) is 4.98 Å². The number of nitrogens with zero attached hydrogens (tertiary/aromatic N) is 4. The normalized spacial score (nSPS) is 29.3. The monoisotopic (exact) mass is 450 g/mol. The molecule has 2 aliphatic rings. The first-order valence-corrected chi connectivity index (χ1v) is 10.6. The molecule has 0 amide bonds. The molecule has 0 radical (unpaired) electrons. The van der Waals surface area contributed by atoms with Gasteiger partial charge in [0.25, 0.3) is 12.0 Å². The number of hydrogen-bond acceptors (Lipinski definition) is 6. The number of piperidine rings is 1. The summed E-state index contributed by atoms with van der Waals surface area (Å²) in [6.45, 7) is -2.35. The third-order valence-corrected chi connectivity index (χ3v) is 6.05. The van der Waals surface area contributed by atoms with Gasteiger partial charge in [0.1, 0.15) is 7.02 Å². The van der Waals surface area contributed by atoms with Crippen molar-refractivity contribution in [2.45, 2.75) is 56.9 Å². The van der Waals surface area contributed by atoms with E-state index < -0.39 is 77.6 Å². The molecule has 1 aliphatic carbocycles. The minimum Gasteiger partial charge on any atom is -0.351 e. The summed E-state index contributed by atoms with van der Waals surface area (Å²) in [5.74, 6) is -0.547. The highest BCUT2D eigenvalue weighted by molar-refractivity contribution is 7.88. The molecule has 0 bridgehead atoms. The largest absolute Gasteiger partial charge is 0.351 e. The lowest BCUT2D eigenvalue weighted by Gasteiger charge is -2.30. The zero-order valence-corrected chi connectivity index (χ0v) is 16.5. The van der Waals surface area contributed by atoms with Gasteiger partial charge in [0.15, 0.2) is 0 Å². The van der Waals surface area contributed by atoms with Gasteiger partial charge >= 0.3 is 0 Å². The summed E-state index contributed by atoms with van der Waals surface area (Å²) in [5, 5.41) is 2.21. The molecule has 3 heterocycles. The second-order valence-electron chi connectivity index (χ2n) is 7.03. The molecule has 8 nitrogen and oxygen atoms in total. The van der Waals surface area contributed by atoms with E-state index >= 15 is 0 Å². The van der Waals surface area contributed by atoms with E-state index in [1.54, 1.807) is 0 Å². The Morgan fingerprint density at radius 1 is 1.37 bits per heavy atom. The fraction of sp³-hybridized carbons (Fsp3) is 0.632. The number of anilines is 1. The van der Waals surface area contributed by atoms with Crippen LogP contribution < -0.4 is 10.9 Å². The number of rotatable bonds is 5. The number of nitrogens with one attached hydrogen (secondary N) is 1. The molecule has 1 N–H and O–H groups in total. The number of sulfonamides is 1. The molecule has 0 atom stereocenters. The predicted molar refractivity (Wildman–Crippen MR) is 109 cm³/mol. The summed E-state index contributed by atoms with van der Waals surface area (Å²) in [6, 6.07) is -2.71. The second-order valence-corrected chi connectivity index (χ2v) is 8.50. The molecule has 2 fully saturated rings. The number of halogens is 2. The van der Waals surface area contributed by atoms with Crippen LogP contribution in [-0.2, 0) is 10.0 Å². The van der Waals surface area contributed by atoms with Gasteiger partial charge in [-0.05, 0) is 31.7 Å². The Labute approximate surface area is 186 Å². The van der Waals surface area contributed by atoms with Crippen molar-refractivity contribution in [2.75, 3.05) is 24.6 Å². The zero-order chi connectivity index (χ0) is 29.4. The second kappa shape index (κ2) is 8.18. The van der Waals surface area contributed by atoms with Crippen molar-refractivity contribution < 1.29 is 29.5 Å². The quantitative estimate of drug-likeness (QED) is 0.752. The van der Waals surface area contributed by atoms with E-state index in [-0.39, 0.29) is 15.3 Å². The molecule has 4 rings (SSSR count). The standard InChI is InChI=1S/C19H25F2N5O3S/c1-30(28,29)25-8-6-13(7-9-25)23-19-22-11-12-10-15(16(20)21)18(27)26(17(12)24-19)14-4-2-3-5-14/h10-11,13-14,16H,2-9H2,1H3,(H,22,23,24)/i1D3,6D2,7D2,13D,16D. The van der Waals surface area contributed by atoms with Gasteiger partial charge in [-0.3, -0.25) is 9.36 Å². The van der Waals surface area contributed by atoms with Crippen LogP contribution in [0.4, 0.5) is 14.7 Å². The fourth-order valence-electron chi connectivity index (χ4n) is 3.64. The lowest BCUT2D eigenvalue weighted by atomic mass is 10.1. The molecular formula is C19H25F2N5O3S. The van der Waals surface area contributed by atoms with E-state index in [9.17, 15) is 22.0 Å². The SMILES string of the molecule is [2H]C(F)(F)c1cc2cnc(NC3([2H])C([2H])([2H])CN(S(=O)(=O)C([2H])([2H])[2H])CC3([2H])[2H])nc2n(C2CCCC2)c1=O. The van der Waals surface area contributed by atoms with Gasteiger partial charge in [-0.1, -0.05) is 12.8 Å². The highest BCUT2D eigenvalue weighted by Crippen LogP contribution is 2.32. The van der Waals surface area contributed by atoms with E-state index in [1.165, 1.54) is 0 Å². The van der Waals surface area contributed by atoms with Gasteiger partial charge in [-0.25, -0.2) is 26.5 Å². The molecular weight excluding hydrogens is 416 g/mol. The third kappa shape index (κ3) is 4.18. The van der Waals surface area contributed by atoms with Crippen molar-refractivity contribution in [3.05, 3.63) is 28.2 Å². The first-order valence-electron chi connectivity index (χ1n) is 13.7. The molecule has 1 saturated carbocycles. The van der Waals surface area contributed by atoms with Crippen molar-refractivity contribution in [3.63, 3.8) is 0 Å². The molecule has 2 aromatic rings. The topological polar surface area (TPSA) is 97.2 Å². The first-order chi connectivity index (χ1) is 17.6. The van der Waals surface area contributed by atoms with Gasteiger partial charge < -0.3 is 5.32 Å². The first kappa shape index (κ1) is 12.7. The average molecular weight is 451 g/mol. The van der Waals surface area contributed by atoms with Crippen molar-refractivity contribution in [1.82, 2.24) is 18.8 Å². The van der Waals surface area contributed by atoms with Crippen LogP contribution in [0.2, 0.25) is 0 Å². The number of pyridine rings is 1. The number of alkyl halides is 2. The van der Waals surface area contributed by atoms with E-state index in [0.717, 1.165) is 16.8 Å². The Morgan fingerprint density at radius 2 is 2.07 bits per heavy atom. The van der Waals surface area contributed by atoms with E-state index in [2.05, 4.69) is 15.3 Å². The van der Waals surface area contributed by atoms with Gasteiger partial charge in [0.2, 0.25) is 16.0 Å². The van der Waals surface area contributed by atoms with Crippen LogP contribution in [-0.4, -0.2) is 52.5 Å². The Balaban J connectivity index is 1.81. The summed E-state index contributed by atoms with van der Waals surface area (Å²) in [4.78, 5) is 21.0. The van der Waals surface area contributed by atoms with Crippen LogP contribution in [0.3, 0.4) is 0 Å². The molecule has 11 heteroatoms. The Kier molecular flexibility index (Phi) is 3.45. The maximum Gasteiger partial charge on any atom is 0.269 e. The van der Waals surface area contributed by atoms with E-state index in [1.807, 2.05) is 0 Å². The van der Waals surface area contributed by atoms with Crippen LogP contribution >= 0.6 is 0 Å². The van der Waals surface area contributed by atoms with E-state index in [0.29, 0.717) is 25.7 Å². The smallest absolute Gasteiger partial charge is 0.269 e. The molecule has 0 aromatic carbocycles. The molecule has 1 saturated heterocycles. The fourth-order valence-corrected chi connectivity index (χ4v) is 4.11. The average Bonchev–Trinajstić information content (AvgIpc) is 3.29. The predicted octanol–water partition coefficient (Wildman–Crippen LogP) is 2.68. The molecule has 30 heavy (non-hydrogen) atoms.